The molecule has 276 valence electrons. The second-order valence-corrected chi connectivity index (χ2v) is 15.0. The van der Waals surface area contributed by atoms with E-state index in [-0.39, 0.29) is 0 Å². The molecule has 59 heavy (non-hydrogen) atoms. The highest BCUT2D eigenvalue weighted by molar-refractivity contribution is 6.10. The van der Waals surface area contributed by atoms with Crippen molar-refractivity contribution < 1.29 is 0 Å². The third-order valence-corrected chi connectivity index (χ3v) is 11.4. The quantitative estimate of drug-likeness (QED) is 0.162. The highest BCUT2D eigenvalue weighted by Gasteiger charge is 2.16. The van der Waals surface area contributed by atoms with Crippen LogP contribution in [0.25, 0.3) is 106 Å². The van der Waals surface area contributed by atoms with E-state index in [0.717, 1.165) is 55.7 Å². The molecule has 3 nitrogen and oxygen atoms in total. The van der Waals surface area contributed by atoms with E-state index in [1.54, 1.807) is 0 Å². The molecule has 0 amide bonds. The molecular formula is C56H37N3. The molecule has 11 aromatic rings. The smallest absolute Gasteiger partial charge is 0.160 e. The van der Waals surface area contributed by atoms with Gasteiger partial charge in [0.1, 0.15) is 0 Å². The van der Waals surface area contributed by atoms with Gasteiger partial charge >= 0.3 is 0 Å². The van der Waals surface area contributed by atoms with E-state index in [0.29, 0.717) is 5.82 Å². The zero-order chi connectivity index (χ0) is 39.1. The molecule has 0 saturated carbocycles. The summed E-state index contributed by atoms with van der Waals surface area (Å²) in [7, 11) is 0. The fourth-order valence-electron chi connectivity index (χ4n) is 8.46. The Balaban J connectivity index is 0.997. The lowest BCUT2D eigenvalue weighted by molar-refractivity contribution is 1.18. The van der Waals surface area contributed by atoms with E-state index in [2.05, 4.69) is 229 Å². The summed E-state index contributed by atoms with van der Waals surface area (Å²) in [6, 6.07) is 79.9. The Labute approximate surface area is 343 Å². The largest absolute Gasteiger partial charge is 0.309 e. The van der Waals surface area contributed by atoms with Crippen LogP contribution in [0.2, 0.25) is 0 Å². The second-order valence-electron chi connectivity index (χ2n) is 15.0. The van der Waals surface area contributed by atoms with E-state index < -0.39 is 0 Å². The Bertz CT molecular complexity index is 3220. The summed E-state index contributed by atoms with van der Waals surface area (Å²) in [6.45, 7) is 0. The summed E-state index contributed by atoms with van der Waals surface area (Å²) in [6.07, 6.45) is 0. The molecule has 2 heterocycles. The highest BCUT2D eigenvalue weighted by Crippen LogP contribution is 2.38. The molecule has 0 atom stereocenters. The molecule has 3 heteroatoms. The maximum absolute atomic E-state index is 5.30. The second kappa shape index (κ2) is 14.6. The van der Waals surface area contributed by atoms with E-state index >= 15 is 0 Å². The van der Waals surface area contributed by atoms with Crippen molar-refractivity contribution in [1.82, 2.24) is 14.5 Å². The first-order valence-corrected chi connectivity index (χ1v) is 20.1. The van der Waals surface area contributed by atoms with Crippen LogP contribution in [-0.4, -0.2) is 14.5 Å². The van der Waals surface area contributed by atoms with Crippen molar-refractivity contribution in [2.75, 3.05) is 0 Å². The first-order chi connectivity index (χ1) is 29.2. The molecule has 0 N–H and O–H groups in total. The molecule has 2 aromatic heterocycles. The van der Waals surface area contributed by atoms with Gasteiger partial charge in [-0.15, -0.1) is 0 Å². The van der Waals surface area contributed by atoms with Crippen LogP contribution in [0.1, 0.15) is 0 Å². The predicted octanol–water partition coefficient (Wildman–Crippen LogP) is 14.7. The summed E-state index contributed by atoms with van der Waals surface area (Å²) < 4.78 is 2.36. The van der Waals surface area contributed by atoms with Gasteiger partial charge in [0.25, 0.3) is 0 Å². The van der Waals surface area contributed by atoms with Gasteiger partial charge in [-0.3, -0.25) is 0 Å². The van der Waals surface area contributed by atoms with Crippen molar-refractivity contribution >= 4 is 32.7 Å². The molecule has 0 aliphatic carbocycles. The number of hydrogen-bond acceptors (Lipinski definition) is 2. The minimum absolute atomic E-state index is 0.703. The average Bonchev–Trinajstić information content (AvgIpc) is 3.66. The molecule has 0 bridgehead atoms. The Morgan fingerprint density at radius 3 is 1.36 bits per heavy atom. The lowest BCUT2D eigenvalue weighted by Gasteiger charge is -2.13. The summed E-state index contributed by atoms with van der Waals surface area (Å²) in [4.78, 5) is 10.5. The topological polar surface area (TPSA) is 30.7 Å². The monoisotopic (exact) mass is 751 g/mol. The van der Waals surface area contributed by atoms with Gasteiger partial charge in [0.15, 0.2) is 5.82 Å². The molecule has 0 aliphatic heterocycles. The Kier molecular flexibility index (Phi) is 8.49. The number of benzene rings is 9. The van der Waals surface area contributed by atoms with Gasteiger partial charge in [-0.2, -0.15) is 0 Å². The molecule has 0 fully saturated rings. The third-order valence-electron chi connectivity index (χ3n) is 11.4. The van der Waals surface area contributed by atoms with Crippen LogP contribution < -0.4 is 0 Å². The van der Waals surface area contributed by atoms with Crippen LogP contribution >= 0.6 is 0 Å². The number of fused-ring (bicyclic) bond motifs is 4. The lowest BCUT2D eigenvalue weighted by Crippen LogP contribution is -1.96. The predicted molar refractivity (Wildman–Crippen MR) is 246 cm³/mol. The molecular weight excluding hydrogens is 715 g/mol. The van der Waals surface area contributed by atoms with E-state index in [1.807, 2.05) is 0 Å². The SMILES string of the molecule is c1ccc(-c2cc(-c3ccccc3)cc(-c3ccc(-c4nc(-c5ccccc5)c5cc(-c6ccc7c(c6)c6ccccc6n7-c6ccccc6)ccc5n4)cc3)c2)cc1. The van der Waals surface area contributed by atoms with Crippen LogP contribution in [0.3, 0.4) is 0 Å². The van der Waals surface area contributed by atoms with Gasteiger partial charge in [0, 0.05) is 33.0 Å². The van der Waals surface area contributed by atoms with Crippen LogP contribution in [-0.2, 0) is 0 Å². The fraction of sp³-hybridized carbons (Fsp3) is 0. The van der Waals surface area contributed by atoms with Crippen molar-refractivity contribution in [3.8, 4) is 72.8 Å². The number of rotatable bonds is 7. The number of hydrogen-bond donors (Lipinski definition) is 0. The zero-order valence-electron chi connectivity index (χ0n) is 32.2. The van der Waals surface area contributed by atoms with Gasteiger partial charge in [-0.1, -0.05) is 164 Å². The number of para-hydroxylation sites is 2. The van der Waals surface area contributed by atoms with Crippen LogP contribution in [0, 0.1) is 0 Å². The summed E-state index contributed by atoms with van der Waals surface area (Å²) in [5, 5.41) is 3.48. The molecule has 0 aliphatic rings. The van der Waals surface area contributed by atoms with E-state index in [4.69, 9.17) is 9.97 Å². The number of aromatic nitrogens is 3. The van der Waals surface area contributed by atoms with Gasteiger partial charge in [-0.05, 0) is 105 Å². The molecule has 0 unspecified atom stereocenters. The average molecular weight is 752 g/mol. The van der Waals surface area contributed by atoms with Crippen molar-refractivity contribution in [2.45, 2.75) is 0 Å². The van der Waals surface area contributed by atoms with E-state index in [1.165, 1.54) is 44.1 Å². The fourth-order valence-corrected chi connectivity index (χ4v) is 8.46. The normalized spacial score (nSPS) is 11.4. The summed E-state index contributed by atoms with van der Waals surface area (Å²) in [5.41, 5.74) is 16.7. The van der Waals surface area contributed by atoms with Gasteiger partial charge < -0.3 is 4.57 Å². The van der Waals surface area contributed by atoms with Gasteiger partial charge in [0.05, 0.1) is 22.2 Å². The molecule has 0 spiro atoms. The zero-order valence-corrected chi connectivity index (χ0v) is 32.2. The molecule has 0 radical (unpaired) electrons. The Morgan fingerprint density at radius 2 is 0.729 bits per heavy atom. The summed E-state index contributed by atoms with van der Waals surface area (Å²) in [5.74, 6) is 0.703. The van der Waals surface area contributed by atoms with E-state index in [9.17, 15) is 0 Å². The maximum Gasteiger partial charge on any atom is 0.160 e. The minimum Gasteiger partial charge on any atom is -0.309 e. The first kappa shape index (κ1) is 34.4. The van der Waals surface area contributed by atoms with Crippen LogP contribution in [0.15, 0.2) is 224 Å². The van der Waals surface area contributed by atoms with Crippen molar-refractivity contribution in [3.05, 3.63) is 224 Å². The molecule has 9 aromatic carbocycles. The van der Waals surface area contributed by atoms with Gasteiger partial charge in [0.2, 0.25) is 0 Å². The van der Waals surface area contributed by atoms with Crippen LogP contribution in [0.5, 0.6) is 0 Å². The van der Waals surface area contributed by atoms with Gasteiger partial charge in [-0.25, -0.2) is 9.97 Å². The summed E-state index contributed by atoms with van der Waals surface area (Å²) >= 11 is 0. The highest BCUT2D eigenvalue weighted by atomic mass is 15.0. The lowest BCUT2D eigenvalue weighted by atomic mass is 9.93. The van der Waals surface area contributed by atoms with Crippen molar-refractivity contribution in [2.24, 2.45) is 0 Å². The molecule has 11 rings (SSSR count). The Morgan fingerprint density at radius 1 is 0.271 bits per heavy atom. The third kappa shape index (κ3) is 6.36. The number of nitrogens with zero attached hydrogens (tertiary/aromatic N) is 3. The standard InChI is InChI=1S/C56H37N3/c1-5-15-38(16-6-1)45-33-46(39-17-7-2-8-18-39)35-47(34-45)40-25-27-42(28-26-40)56-57-52-31-29-43(37-51(52)55(58-56)41-19-9-3-10-20-41)44-30-32-54-50(36-44)49-23-13-14-24-53(49)59(54)48-21-11-4-12-22-48/h1-37H. The maximum atomic E-state index is 5.30. The minimum atomic E-state index is 0.703. The van der Waals surface area contributed by atoms with Crippen molar-refractivity contribution in [3.63, 3.8) is 0 Å². The Hall–Kier alpha value is -7.88. The van der Waals surface area contributed by atoms with Crippen LogP contribution in [0.4, 0.5) is 0 Å². The molecule has 0 saturated heterocycles. The van der Waals surface area contributed by atoms with Crippen molar-refractivity contribution in [1.29, 1.82) is 0 Å². The first-order valence-electron chi connectivity index (χ1n) is 20.1.